The smallest absolute Gasteiger partial charge is 0.253 e. The molecule has 6 nitrogen and oxygen atoms in total. The van der Waals surface area contributed by atoms with Crippen molar-refractivity contribution in [2.45, 2.75) is 26.7 Å². The maximum absolute atomic E-state index is 11.6. The predicted octanol–water partition coefficient (Wildman–Crippen LogP) is 0.0669. The number of amides is 1. The molecular weight excluding hydrogens is 246 g/mol. The highest BCUT2D eigenvalue weighted by Gasteiger charge is 2.23. The van der Waals surface area contributed by atoms with E-state index in [1.807, 2.05) is 0 Å². The van der Waals surface area contributed by atoms with E-state index in [-0.39, 0.29) is 5.91 Å². The van der Waals surface area contributed by atoms with E-state index in [9.17, 15) is 14.4 Å². The number of nitrogens with zero attached hydrogens (tertiary/aromatic N) is 1. The molecule has 6 heteroatoms. The molecule has 2 N–H and O–H groups in total. The molecule has 0 radical (unpaired) electrons. The van der Waals surface area contributed by atoms with Gasteiger partial charge in [-0.15, -0.1) is 0 Å². The fourth-order valence-corrected chi connectivity index (χ4v) is 1.81. The highest BCUT2D eigenvalue weighted by molar-refractivity contribution is 5.75. The molecule has 0 fully saturated rings. The monoisotopic (exact) mass is 267 g/mol. The summed E-state index contributed by atoms with van der Waals surface area (Å²) in [6.45, 7) is 5.12. The van der Waals surface area contributed by atoms with Crippen LogP contribution in [-0.4, -0.2) is 32.6 Å². The molecule has 19 heavy (non-hydrogen) atoms. The Hall–Kier alpha value is -1.85. The highest BCUT2D eigenvalue weighted by atomic mass is 16.2. The fourth-order valence-electron chi connectivity index (χ4n) is 1.81. The first-order chi connectivity index (χ1) is 8.99. The van der Waals surface area contributed by atoms with Gasteiger partial charge in [0.05, 0.1) is 0 Å². The summed E-state index contributed by atoms with van der Waals surface area (Å²) in [5.41, 5.74) is -0.0722. The van der Waals surface area contributed by atoms with Crippen molar-refractivity contribution in [1.82, 2.24) is 5.32 Å². The number of hydrogen-bond acceptors (Lipinski definition) is 5. The zero-order valence-corrected chi connectivity index (χ0v) is 11.7. The van der Waals surface area contributed by atoms with Gasteiger partial charge in [-0.05, 0) is 6.42 Å². The van der Waals surface area contributed by atoms with Crippen LogP contribution in [0.5, 0.6) is 0 Å². The highest BCUT2D eigenvalue weighted by Crippen LogP contribution is 2.18. The second-order valence-electron chi connectivity index (χ2n) is 4.57. The second-order valence-corrected chi connectivity index (χ2v) is 4.57. The predicted molar refractivity (Wildman–Crippen MR) is 76.7 cm³/mol. The molecule has 0 bridgehead atoms. The van der Waals surface area contributed by atoms with Gasteiger partial charge in [0.1, 0.15) is 11.4 Å². The Labute approximate surface area is 112 Å². The molecule has 0 atom stereocenters. The molecule has 0 aliphatic carbocycles. The average molecular weight is 267 g/mol. The third-order valence-electron chi connectivity index (χ3n) is 2.92. The van der Waals surface area contributed by atoms with E-state index >= 15 is 0 Å². The van der Waals surface area contributed by atoms with Gasteiger partial charge >= 0.3 is 0 Å². The van der Waals surface area contributed by atoms with Crippen molar-refractivity contribution in [3.05, 3.63) is 20.4 Å². The van der Waals surface area contributed by atoms with Crippen molar-refractivity contribution in [2.24, 2.45) is 0 Å². The number of rotatable bonds is 8. The van der Waals surface area contributed by atoms with E-state index in [0.717, 1.165) is 12.8 Å². The van der Waals surface area contributed by atoms with Gasteiger partial charge in [-0.25, -0.2) is 0 Å². The molecule has 0 heterocycles. The normalized spacial score (nSPS) is 10.5. The maximum atomic E-state index is 11.6. The van der Waals surface area contributed by atoms with E-state index in [1.54, 1.807) is 11.9 Å². The van der Waals surface area contributed by atoms with Crippen LogP contribution in [0.3, 0.4) is 0 Å². The van der Waals surface area contributed by atoms with E-state index < -0.39 is 10.9 Å². The minimum Gasteiger partial charge on any atom is -0.380 e. The van der Waals surface area contributed by atoms with Crippen LogP contribution in [0.15, 0.2) is 9.59 Å². The van der Waals surface area contributed by atoms with Crippen molar-refractivity contribution in [3.8, 4) is 0 Å². The number of anilines is 2. The zero-order valence-electron chi connectivity index (χ0n) is 11.7. The molecule has 0 saturated carbocycles. The van der Waals surface area contributed by atoms with Gasteiger partial charge in [0.25, 0.3) is 10.9 Å². The van der Waals surface area contributed by atoms with Crippen molar-refractivity contribution < 1.29 is 4.79 Å². The Morgan fingerprint density at radius 2 is 1.89 bits per heavy atom. The average Bonchev–Trinajstić information content (AvgIpc) is 2.36. The van der Waals surface area contributed by atoms with Crippen LogP contribution in [0.2, 0.25) is 0 Å². The van der Waals surface area contributed by atoms with Crippen LogP contribution in [-0.2, 0) is 4.79 Å². The molecule has 1 amide bonds. The number of likely N-dealkylation sites (N-methyl/N-ethyl adjacent to an activating group) is 1. The SMILES string of the molecule is CCCCNc1c(N(C)CCNC(C)=O)c(=O)c1=O. The first kappa shape index (κ1) is 15.2. The van der Waals surface area contributed by atoms with Gasteiger partial charge in [0.2, 0.25) is 5.91 Å². The molecule has 0 unspecified atom stereocenters. The topological polar surface area (TPSA) is 78.5 Å². The minimum atomic E-state index is -0.454. The number of carbonyl (C=O) groups excluding carboxylic acids is 1. The van der Waals surface area contributed by atoms with Crippen molar-refractivity contribution in [3.63, 3.8) is 0 Å². The Bertz CT molecular complexity index is 503. The molecular formula is C13H21N3O3. The number of carbonyl (C=O) groups is 1. The van der Waals surface area contributed by atoms with E-state index in [0.29, 0.717) is 31.0 Å². The minimum absolute atomic E-state index is 0.111. The summed E-state index contributed by atoms with van der Waals surface area (Å²) in [4.78, 5) is 35.5. The quantitative estimate of drug-likeness (QED) is 0.514. The molecule has 1 aromatic rings. The molecule has 0 aliphatic rings. The summed E-state index contributed by atoms with van der Waals surface area (Å²) in [5.74, 6) is -0.111. The first-order valence-electron chi connectivity index (χ1n) is 6.51. The zero-order chi connectivity index (χ0) is 14.4. The lowest BCUT2D eigenvalue weighted by Crippen LogP contribution is -2.43. The third kappa shape index (κ3) is 3.81. The summed E-state index contributed by atoms with van der Waals surface area (Å²) < 4.78 is 0. The molecule has 0 saturated heterocycles. The van der Waals surface area contributed by atoms with Crippen LogP contribution in [0.4, 0.5) is 11.4 Å². The largest absolute Gasteiger partial charge is 0.380 e. The van der Waals surface area contributed by atoms with Crippen molar-refractivity contribution in [2.75, 3.05) is 36.9 Å². The standard InChI is InChI=1S/C13H21N3O3/c1-4-5-6-15-10-11(13(19)12(10)18)16(3)8-7-14-9(2)17/h15H,4-8H2,1-3H3,(H,14,17). The summed E-state index contributed by atoms with van der Waals surface area (Å²) >= 11 is 0. The number of nitrogens with one attached hydrogen (secondary N) is 2. The van der Waals surface area contributed by atoms with Crippen LogP contribution in [0.1, 0.15) is 26.7 Å². The maximum Gasteiger partial charge on any atom is 0.253 e. The molecule has 0 spiro atoms. The molecule has 0 aromatic heterocycles. The van der Waals surface area contributed by atoms with E-state index in [2.05, 4.69) is 17.6 Å². The Morgan fingerprint density at radius 1 is 1.21 bits per heavy atom. The lowest BCUT2D eigenvalue weighted by molar-refractivity contribution is -0.118. The second kappa shape index (κ2) is 6.92. The van der Waals surface area contributed by atoms with Crippen molar-refractivity contribution in [1.29, 1.82) is 0 Å². The Morgan fingerprint density at radius 3 is 2.47 bits per heavy atom. The van der Waals surface area contributed by atoms with Crippen LogP contribution < -0.4 is 26.4 Å². The van der Waals surface area contributed by atoms with E-state index in [1.165, 1.54) is 6.92 Å². The summed E-state index contributed by atoms with van der Waals surface area (Å²) in [7, 11) is 1.74. The lowest BCUT2D eigenvalue weighted by Gasteiger charge is -2.23. The fraction of sp³-hybridized carbons (Fsp3) is 0.615. The van der Waals surface area contributed by atoms with Gasteiger partial charge in [0, 0.05) is 33.6 Å². The van der Waals surface area contributed by atoms with Gasteiger partial charge in [0.15, 0.2) is 0 Å². The van der Waals surface area contributed by atoms with Gasteiger partial charge < -0.3 is 15.5 Å². The van der Waals surface area contributed by atoms with E-state index in [4.69, 9.17) is 0 Å². The number of unbranched alkanes of at least 4 members (excludes halogenated alkanes) is 1. The molecule has 1 aromatic carbocycles. The van der Waals surface area contributed by atoms with Gasteiger partial charge in [-0.3, -0.25) is 14.4 Å². The summed E-state index contributed by atoms with van der Waals surface area (Å²) in [6.07, 6.45) is 1.98. The molecule has 0 aliphatic heterocycles. The van der Waals surface area contributed by atoms with Crippen molar-refractivity contribution >= 4 is 17.3 Å². The molecule has 1 rings (SSSR count). The van der Waals surface area contributed by atoms with Crippen LogP contribution >= 0.6 is 0 Å². The van der Waals surface area contributed by atoms with Crippen LogP contribution in [0, 0.1) is 0 Å². The van der Waals surface area contributed by atoms with Crippen LogP contribution in [0.25, 0.3) is 0 Å². The van der Waals surface area contributed by atoms with Gasteiger partial charge in [-0.2, -0.15) is 0 Å². The van der Waals surface area contributed by atoms with Gasteiger partial charge in [-0.1, -0.05) is 13.3 Å². The first-order valence-corrected chi connectivity index (χ1v) is 6.51. The number of hydrogen-bond donors (Lipinski definition) is 2. The molecule has 106 valence electrons. The lowest BCUT2D eigenvalue weighted by atomic mass is 10.1. The Balaban J connectivity index is 2.61. The summed E-state index contributed by atoms with van der Waals surface area (Å²) in [5, 5.41) is 5.66. The Kier molecular flexibility index (Phi) is 5.54. The third-order valence-corrected chi connectivity index (χ3v) is 2.92. The summed E-state index contributed by atoms with van der Waals surface area (Å²) in [6, 6.07) is 0.